The van der Waals surface area contributed by atoms with Crippen LogP contribution in [0.1, 0.15) is 52.4 Å². The summed E-state index contributed by atoms with van der Waals surface area (Å²) >= 11 is 0. The van der Waals surface area contributed by atoms with Crippen LogP contribution in [0.15, 0.2) is 12.7 Å². The Morgan fingerprint density at radius 3 is 2.43 bits per heavy atom. The van der Waals surface area contributed by atoms with E-state index in [2.05, 4.69) is 18.8 Å². The number of carbonyl (C=O) groups excluding carboxylic acids is 2. The molecule has 3 atom stereocenters. The maximum absolute atomic E-state index is 11.9. The molecule has 0 saturated heterocycles. The van der Waals surface area contributed by atoms with E-state index in [1.807, 2.05) is 6.08 Å². The molecule has 0 aromatic carbocycles. The molecule has 0 aliphatic heterocycles. The number of unbranched alkanes of at least 4 members (excludes halogenated alkanes) is 1. The highest BCUT2D eigenvalue weighted by atomic mass is 33.1. The number of carbonyl (C=O) groups is 2. The number of alkyl carbamates (subject to hydrolysis) is 1. The quantitative estimate of drug-likeness (QED) is 0.124. The maximum Gasteiger partial charge on any atom is 0.407 e. The number of amides is 1. The van der Waals surface area contributed by atoms with Gasteiger partial charge in [-0.1, -0.05) is 47.4 Å². The van der Waals surface area contributed by atoms with Gasteiger partial charge in [-0.15, -0.1) is 6.58 Å². The molecule has 1 rings (SSSR count). The fraction of sp³-hybridized carbons (Fsp3) is 0.818. The van der Waals surface area contributed by atoms with Crippen LogP contribution in [0, 0.1) is 17.8 Å². The number of hydrogen-bond donors (Lipinski definition) is 1. The number of esters is 1. The van der Waals surface area contributed by atoms with E-state index in [1.165, 1.54) is 26.2 Å². The Labute approximate surface area is 190 Å². The van der Waals surface area contributed by atoms with Crippen LogP contribution in [0.2, 0.25) is 0 Å². The average Bonchev–Trinajstić information content (AvgIpc) is 3.40. The molecular weight excluding hydrogens is 422 g/mol. The van der Waals surface area contributed by atoms with E-state index in [9.17, 15) is 9.59 Å². The summed E-state index contributed by atoms with van der Waals surface area (Å²) in [7, 11) is 3.37. The third-order valence-electron chi connectivity index (χ3n) is 5.11. The lowest BCUT2D eigenvalue weighted by molar-refractivity contribution is -0.140. The average molecular weight is 462 g/mol. The predicted octanol–water partition coefficient (Wildman–Crippen LogP) is 5.08. The summed E-state index contributed by atoms with van der Waals surface area (Å²) in [6.07, 6.45) is 8.34. The van der Waals surface area contributed by atoms with E-state index in [0.717, 1.165) is 30.8 Å². The maximum atomic E-state index is 11.9. The Morgan fingerprint density at radius 1 is 1.00 bits per heavy atom. The number of hydrogen-bond acceptors (Lipinski definition) is 7. The molecule has 0 spiro atoms. The van der Waals surface area contributed by atoms with Crippen LogP contribution in [-0.4, -0.2) is 56.5 Å². The largest absolute Gasteiger partial charge is 0.465 e. The summed E-state index contributed by atoms with van der Waals surface area (Å²) < 4.78 is 15.8. The molecule has 1 aliphatic rings. The van der Waals surface area contributed by atoms with Crippen LogP contribution in [0.4, 0.5) is 4.79 Å². The second kappa shape index (κ2) is 17.8. The van der Waals surface area contributed by atoms with Gasteiger partial charge in [-0.25, -0.2) is 4.79 Å². The van der Waals surface area contributed by atoms with Crippen molar-refractivity contribution in [3.8, 4) is 0 Å². The lowest BCUT2D eigenvalue weighted by Gasteiger charge is -2.08. The molecule has 8 heteroatoms. The van der Waals surface area contributed by atoms with Gasteiger partial charge in [0, 0.05) is 31.6 Å². The molecule has 1 amide bonds. The minimum atomic E-state index is -0.321. The van der Waals surface area contributed by atoms with E-state index in [1.54, 1.807) is 21.6 Å². The number of allylic oxidation sites excluding steroid dienone is 1. The summed E-state index contributed by atoms with van der Waals surface area (Å²) in [5.74, 6) is 3.35. The van der Waals surface area contributed by atoms with Gasteiger partial charge in [-0.2, -0.15) is 0 Å². The van der Waals surface area contributed by atoms with Crippen molar-refractivity contribution < 1.29 is 23.8 Å². The van der Waals surface area contributed by atoms with Crippen molar-refractivity contribution in [2.45, 2.75) is 52.4 Å². The van der Waals surface area contributed by atoms with Gasteiger partial charge in [-0.3, -0.25) is 4.79 Å². The van der Waals surface area contributed by atoms with Crippen molar-refractivity contribution >= 4 is 33.7 Å². The molecule has 0 radical (unpaired) electrons. The minimum absolute atomic E-state index is 0.238. The van der Waals surface area contributed by atoms with E-state index in [-0.39, 0.29) is 12.1 Å². The molecule has 0 aromatic rings. The van der Waals surface area contributed by atoms with E-state index < -0.39 is 0 Å². The Morgan fingerprint density at radius 2 is 1.73 bits per heavy atom. The first-order valence-corrected chi connectivity index (χ1v) is 13.6. The first-order valence-electron chi connectivity index (χ1n) is 11.1. The zero-order chi connectivity index (χ0) is 22.0. The van der Waals surface area contributed by atoms with Gasteiger partial charge in [-0.05, 0) is 43.4 Å². The van der Waals surface area contributed by atoms with Gasteiger partial charge in [0.2, 0.25) is 0 Å². The van der Waals surface area contributed by atoms with Crippen molar-refractivity contribution in [2.75, 3.05) is 44.5 Å². The fourth-order valence-corrected chi connectivity index (χ4v) is 5.19. The van der Waals surface area contributed by atoms with Crippen molar-refractivity contribution in [2.24, 2.45) is 17.8 Å². The fourth-order valence-electron chi connectivity index (χ4n) is 3.50. The van der Waals surface area contributed by atoms with Crippen LogP contribution >= 0.6 is 21.6 Å². The SMILES string of the molecule is C=CCCC1C(CCCC)C1COC(=O)NCCCOCCSSCCOC(C)=O. The van der Waals surface area contributed by atoms with Crippen LogP contribution in [-0.2, 0) is 19.0 Å². The molecule has 1 saturated carbocycles. The van der Waals surface area contributed by atoms with Crippen LogP contribution < -0.4 is 5.32 Å². The van der Waals surface area contributed by atoms with E-state index >= 15 is 0 Å². The molecule has 1 fully saturated rings. The predicted molar refractivity (Wildman–Crippen MR) is 126 cm³/mol. The molecular formula is C22H39NO5S2. The summed E-state index contributed by atoms with van der Waals surface area (Å²) in [5.41, 5.74) is 0. The highest BCUT2D eigenvalue weighted by molar-refractivity contribution is 8.76. The number of ether oxygens (including phenoxy) is 3. The second-order valence-corrected chi connectivity index (χ2v) is 10.2. The van der Waals surface area contributed by atoms with Gasteiger partial charge in [0.1, 0.15) is 6.61 Å². The van der Waals surface area contributed by atoms with Crippen molar-refractivity contribution in [1.82, 2.24) is 5.32 Å². The minimum Gasteiger partial charge on any atom is -0.465 e. The third-order valence-corrected chi connectivity index (χ3v) is 7.45. The normalized spacial score (nSPS) is 19.9. The topological polar surface area (TPSA) is 73.9 Å². The van der Waals surface area contributed by atoms with Crippen LogP contribution in [0.3, 0.4) is 0 Å². The monoisotopic (exact) mass is 461 g/mol. The highest BCUT2D eigenvalue weighted by Crippen LogP contribution is 2.52. The van der Waals surface area contributed by atoms with Crippen LogP contribution in [0.5, 0.6) is 0 Å². The molecule has 0 heterocycles. The standard InChI is InChI=1S/C22H39NO5S2/c1-4-6-9-19-20(10-7-5-2)21(19)17-28-22(25)23-11-8-12-26-13-15-29-30-16-14-27-18(3)24/h4,19-21H,1,5-17H2,2-3H3,(H,23,25). The Balaban J connectivity index is 1.93. The zero-order valence-corrected chi connectivity index (χ0v) is 20.2. The van der Waals surface area contributed by atoms with Crippen molar-refractivity contribution in [3.05, 3.63) is 12.7 Å². The van der Waals surface area contributed by atoms with Crippen molar-refractivity contribution in [1.29, 1.82) is 0 Å². The summed E-state index contributed by atoms with van der Waals surface area (Å²) in [6, 6.07) is 0. The number of rotatable bonds is 19. The van der Waals surface area contributed by atoms with E-state index in [0.29, 0.717) is 50.7 Å². The molecule has 1 N–H and O–H groups in total. The molecule has 174 valence electrons. The van der Waals surface area contributed by atoms with Gasteiger partial charge in [0.15, 0.2) is 0 Å². The van der Waals surface area contributed by atoms with Gasteiger partial charge >= 0.3 is 12.1 Å². The third kappa shape index (κ3) is 13.4. The smallest absolute Gasteiger partial charge is 0.407 e. The van der Waals surface area contributed by atoms with Gasteiger partial charge in [0.25, 0.3) is 0 Å². The lowest BCUT2D eigenvalue weighted by Crippen LogP contribution is -2.27. The first kappa shape index (κ1) is 27.2. The molecule has 0 aromatic heterocycles. The Hall–Kier alpha value is -0.860. The van der Waals surface area contributed by atoms with Gasteiger partial charge < -0.3 is 19.5 Å². The Kier molecular flexibility index (Phi) is 16.1. The molecule has 3 unspecified atom stereocenters. The summed E-state index contributed by atoms with van der Waals surface area (Å²) in [5, 5.41) is 2.81. The van der Waals surface area contributed by atoms with E-state index in [4.69, 9.17) is 14.2 Å². The van der Waals surface area contributed by atoms with Gasteiger partial charge in [0.05, 0.1) is 13.2 Å². The molecule has 6 nitrogen and oxygen atoms in total. The van der Waals surface area contributed by atoms with Crippen LogP contribution in [0.25, 0.3) is 0 Å². The molecule has 30 heavy (non-hydrogen) atoms. The lowest BCUT2D eigenvalue weighted by atomic mass is 10.1. The second-order valence-electron chi connectivity index (χ2n) is 7.47. The van der Waals surface area contributed by atoms with Crippen molar-refractivity contribution in [3.63, 3.8) is 0 Å². The molecule has 1 aliphatic carbocycles. The summed E-state index contributed by atoms with van der Waals surface area (Å²) in [4.78, 5) is 22.5. The number of nitrogens with one attached hydrogen (secondary N) is 1. The Bertz CT molecular complexity index is 492. The summed E-state index contributed by atoms with van der Waals surface area (Å²) in [6.45, 7) is 10.3. The highest BCUT2D eigenvalue weighted by Gasteiger charge is 2.48. The first-order chi connectivity index (χ1) is 14.6. The zero-order valence-electron chi connectivity index (χ0n) is 18.6. The molecule has 0 bridgehead atoms.